The number of aliphatic hydroxyl groups is 1. The van der Waals surface area contributed by atoms with Crippen LogP contribution < -0.4 is 0 Å². The zero-order valence-electron chi connectivity index (χ0n) is 6.91. The molecule has 2 nitrogen and oxygen atoms in total. The van der Waals surface area contributed by atoms with E-state index in [1.54, 1.807) is 24.3 Å². The highest BCUT2D eigenvalue weighted by atomic mass is 16.3. The molecule has 1 aromatic rings. The van der Waals surface area contributed by atoms with Gasteiger partial charge in [-0.1, -0.05) is 11.8 Å². The van der Waals surface area contributed by atoms with Crippen molar-refractivity contribution in [3.63, 3.8) is 0 Å². The molecule has 0 saturated carbocycles. The molecule has 0 unspecified atom stereocenters. The second-order valence-corrected chi connectivity index (χ2v) is 2.26. The minimum absolute atomic E-state index is 0.176. The van der Waals surface area contributed by atoms with Crippen molar-refractivity contribution >= 4 is 0 Å². The van der Waals surface area contributed by atoms with Gasteiger partial charge in [-0.25, -0.2) is 0 Å². The first-order valence-electron chi connectivity index (χ1n) is 3.71. The molecule has 0 aliphatic carbocycles. The molecule has 0 bridgehead atoms. The van der Waals surface area contributed by atoms with E-state index in [1.165, 1.54) is 0 Å². The van der Waals surface area contributed by atoms with Gasteiger partial charge >= 0.3 is 0 Å². The van der Waals surface area contributed by atoms with Crippen molar-refractivity contribution in [1.82, 2.24) is 0 Å². The molecular formula is C11H8O2. The Morgan fingerprint density at radius 2 is 1.77 bits per heavy atom. The predicted molar refractivity (Wildman–Crippen MR) is 49.8 cm³/mol. The number of hydrogen-bond donors (Lipinski definition) is 2. The van der Waals surface area contributed by atoms with Gasteiger partial charge in [0.15, 0.2) is 0 Å². The SMILES string of the molecule is OCC#CC#Cc1ccc(O)cc1. The zero-order valence-corrected chi connectivity index (χ0v) is 6.91. The van der Waals surface area contributed by atoms with E-state index in [-0.39, 0.29) is 12.4 Å². The molecule has 0 aromatic heterocycles. The van der Waals surface area contributed by atoms with Gasteiger partial charge in [0.2, 0.25) is 0 Å². The molecule has 2 heteroatoms. The molecule has 1 aromatic carbocycles. The lowest BCUT2D eigenvalue weighted by atomic mass is 10.2. The van der Waals surface area contributed by atoms with Crippen LogP contribution in [0.3, 0.4) is 0 Å². The minimum Gasteiger partial charge on any atom is -0.508 e. The van der Waals surface area contributed by atoms with Crippen molar-refractivity contribution in [2.75, 3.05) is 6.61 Å². The van der Waals surface area contributed by atoms with Gasteiger partial charge < -0.3 is 10.2 Å². The van der Waals surface area contributed by atoms with Crippen LogP contribution in [0, 0.1) is 23.7 Å². The van der Waals surface area contributed by atoms with Crippen LogP contribution in [0.15, 0.2) is 24.3 Å². The first-order valence-corrected chi connectivity index (χ1v) is 3.71. The molecular weight excluding hydrogens is 164 g/mol. The third kappa shape index (κ3) is 3.33. The van der Waals surface area contributed by atoms with E-state index in [0.29, 0.717) is 0 Å². The first kappa shape index (κ1) is 9.19. The molecule has 13 heavy (non-hydrogen) atoms. The Morgan fingerprint density at radius 3 is 2.38 bits per heavy atom. The summed E-state index contributed by atoms with van der Waals surface area (Å²) in [4.78, 5) is 0. The molecule has 0 heterocycles. The molecule has 0 aliphatic heterocycles. The molecule has 64 valence electrons. The highest BCUT2D eigenvalue weighted by molar-refractivity contribution is 5.41. The first-order chi connectivity index (χ1) is 6.33. The summed E-state index contributed by atoms with van der Waals surface area (Å²) < 4.78 is 0. The monoisotopic (exact) mass is 172 g/mol. The number of aromatic hydroxyl groups is 1. The summed E-state index contributed by atoms with van der Waals surface area (Å²) in [7, 11) is 0. The Kier molecular flexibility index (Phi) is 3.45. The second kappa shape index (κ2) is 4.87. The van der Waals surface area contributed by atoms with Crippen molar-refractivity contribution in [3.05, 3.63) is 29.8 Å². The van der Waals surface area contributed by atoms with Gasteiger partial charge in [0.1, 0.15) is 12.4 Å². The quantitative estimate of drug-likeness (QED) is 0.567. The Bertz CT molecular complexity index is 382. The highest BCUT2D eigenvalue weighted by Gasteiger charge is 1.85. The summed E-state index contributed by atoms with van der Waals surface area (Å²) in [6, 6.07) is 6.51. The largest absolute Gasteiger partial charge is 0.508 e. The van der Waals surface area contributed by atoms with E-state index in [0.717, 1.165) is 5.56 Å². The second-order valence-electron chi connectivity index (χ2n) is 2.26. The van der Waals surface area contributed by atoms with E-state index >= 15 is 0 Å². The van der Waals surface area contributed by atoms with Crippen molar-refractivity contribution in [2.45, 2.75) is 0 Å². The lowest BCUT2D eigenvalue weighted by Crippen LogP contribution is -1.72. The summed E-state index contributed by atoms with van der Waals surface area (Å²) in [5, 5.41) is 17.3. The van der Waals surface area contributed by atoms with Crippen molar-refractivity contribution in [3.8, 4) is 29.4 Å². The maximum atomic E-state index is 8.96. The summed E-state index contributed by atoms with van der Waals surface area (Å²) >= 11 is 0. The minimum atomic E-state index is -0.176. The maximum Gasteiger partial charge on any atom is 0.115 e. The van der Waals surface area contributed by atoms with Gasteiger partial charge in [0.25, 0.3) is 0 Å². The molecule has 0 atom stereocenters. The number of phenols is 1. The number of aliphatic hydroxyl groups excluding tert-OH is 1. The third-order valence-corrected chi connectivity index (χ3v) is 1.30. The van der Waals surface area contributed by atoms with Gasteiger partial charge in [-0.05, 0) is 36.1 Å². The van der Waals surface area contributed by atoms with Gasteiger partial charge in [-0.3, -0.25) is 0 Å². The van der Waals surface area contributed by atoms with Gasteiger partial charge in [0.05, 0.1) is 0 Å². The van der Waals surface area contributed by atoms with Crippen LogP contribution in [-0.2, 0) is 0 Å². The van der Waals surface area contributed by atoms with Crippen LogP contribution in [0.25, 0.3) is 0 Å². The van der Waals surface area contributed by atoms with Crippen molar-refractivity contribution < 1.29 is 10.2 Å². The highest BCUT2D eigenvalue weighted by Crippen LogP contribution is 2.07. The summed E-state index contributed by atoms with van der Waals surface area (Å²) in [6.07, 6.45) is 0. The summed E-state index contributed by atoms with van der Waals surface area (Å²) in [6.45, 7) is -0.176. The smallest absolute Gasteiger partial charge is 0.115 e. The standard InChI is InChI=1S/C11H8O2/c12-9-3-1-2-4-10-5-7-11(13)8-6-10/h5-8,12-13H,9H2. The lowest BCUT2D eigenvalue weighted by molar-refractivity contribution is 0.350. The average Bonchev–Trinajstić information content (AvgIpc) is 2.15. The normalized spacial score (nSPS) is 7.77. The number of rotatable bonds is 0. The third-order valence-electron chi connectivity index (χ3n) is 1.30. The lowest BCUT2D eigenvalue weighted by Gasteiger charge is -1.89. The van der Waals surface area contributed by atoms with Crippen LogP contribution in [0.5, 0.6) is 5.75 Å². The fraction of sp³-hybridized carbons (Fsp3) is 0.0909. The Labute approximate surface area is 76.8 Å². The molecule has 0 spiro atoms. The fourth-order valence-corrected chi connectivity index (χ4v) is 0.732. The van der Waals surface area contributed by atoms with Crippen LogP contribution in [0.4, 0.5) is 0 Å². The molecule has 2 N–H and O–H groups in total. The molecule has 0 fully saturated rings. The fourth-order valence-electron chi connectivity index (χ4n) is 0.732. The molecule has 0 aliphatic rings. The van der Waals surface area contributed by atoms with Gasteiger partial charge in [0, 0.05) is 5.56 Å². The van der Waals surface area contributed by atoms with E-state index in [9.17, 15) is 0 Å². The number of phenolic OH excluding ortho intramolecular Hbond substituents is 1. The molecule has 0 amide bonds. The van der Waals surface area contributed by atoms with Crippen LogP contribution in [0.2, 0.25) is 0 Å². The topological polar surface area (TPSA) is 40.5 Å². The van der Waals surface area contributed by atoms with Gasteiger partial charge in [-0.2, -0.15) is 0 Å². The predicted octanol–water partition coefficient (Wildman–Crippen LogP) is 0.739. The van der Waals surface area contributed by atoms with E-state index in [2.05, 4.69) is 23.7 Å². The summed E-state index contributed by atoms with van der Waals surface area (Å²) in [5.41, 5.74) is 0.782. The molecule has 1 rings (SSSR count). The molecule has 0 radical (unpaired) electrons. The Balaban J connectivity index is 2.72. The van der Waals surface area contributed by atoms with Crippen molar-refractivity contribution in [1.29, 1.82) is 0 Å². The Morgan fingerprint density at radius 1 is 1.08 bits per heavy atom. The van der Waals surface area contributed by atoms with E-state index in [4.69, 9.17) is 10.2 Å². The van der Waals surface area contributed by atoms with E-state index in [1.807, 2.05) is 0 Å². The van der Waals surface area contributed by atoms with Gasteiger partial charge in [-0.15, -0.1) is 0 Å². The number of benzene rings is 1. The average molecular weight is 172 g/mol. The summed E-state index contributed by atoms with van der Waals surface area (Å²) in [5.74, 6) is 10.4. The maximum absolute atomic E-state index is 8.96. The van der Waals surface area contributed by atoms with Crippen LogP contribution >= 0.6 is 0 Å². The zero-order chi connectivity index (χ0) is 9.52. The van der Waals surface area contributed by atoms with Crippen LogP contribution in [0.1, 0.15) is 5.56 Å². The van der Waals surface area contributed by atoms with E-state index < -0.39 is 0 Å². The van der Waals surface area contributed by atoms with Crippen LogP contribution in [-0.4, -0.2) is 16.8 Å². The number of hydrogen-bond acceptors (Lipinski definition) is 2. The molecule has 0 saturated heterocycles. The van der Waals surface area contributed by atoms with Crippen molar-refractivity contribution in [2.24, 2.45) is 0 Å². The Hall–Kier alpha value is -1.90.